The molecule has 3 rings (SSSR count). The number of fused-ring (bicyclic) bond motifs is 1. The summed E-state index contributed by atoms with van der Waals surface area (Å²) in [4.78, 5) is 4.53. The minimum atomic E-state index is 0.272. The molecule has 2 unspecified atom stereocenters. The third-order valence-electron chi connectivity index (χ3n) is 3.77. The summed E-state index contributed by atoms with van der Waals surface area (Å²) in [6, 6.07) is 8.16. The summed E-state index contributed by atoms with van der Waals surface area (Å²) in [6.45, 7) is 0.871. The van der Waals surface area contributed by atoms with Crippen molar-refractivity contribution in [3.8, 4) is 0 Å². The van der Waals surface area contributed by atoms with Crippen LogP contribution in [0.15, 0.2) is 28.7 Å². The number of oxazole rings is 1. The van der Waals surface area contributed by atoms with E-state index in [1.165, 1.54) is 12.8 Å². The van der Waals surface area contributed by atoms with Crippen LogP contribution in [-0.4, -0.2) is 30.8 Å². The topological polar surface area (TPSA) is 47.3 Å². The Kier molecular flexibility index (Phi) is 3.80. The van der Waals surface area contributed by atoms with Crippen molar-refractivity contribution >= 4 is 11.1 Å². The molecule has 2 atom stereocenters. The number of nitrogens with zero attached hydrogens (tertiary/aromatic N) is 1. The van der Waals surface area contributed by atoms with E-state index in [9.17, 15) is 0 Å². The van der Waals surface area contributed by atoms with Gasteiger partial charge in [-0.3, -0.25) is 0 Å². The van der Waals surface area contributed by atoms with Crippen LogP contribution in [0.2, 0.25) is 0 Å². The number of nitrogens with one attached hydrogen (secondary N) is 1. The Morgan fingerprint density at radius 1 is 1.37 bits per heavy atom. The van der Waals surface area contributed by atoms with Crippen LogP contribution in [0.5, 0.6) is 0 Å². The molecule has 0 saturated carbocycles. The maximum Gasteiger partial charge on any atom is 0.197 e. The zero-order chi connectivity index (χ0) is 13.1. The van der Waals surface area contributed by atoms with E-state index < -0.39 is 0 Å². The van der Waals surface area contributed by atoms with E-state index in [0.717, 1.165) is 36.4 Å². The first-order valence-electron chi connectivity index (χ1n) is 7.00. The minimum Gasteiger partial charge on any atom is -0.441 e. The Bertz CT molecular complexity index is 499. The smallest absolute Gasteiger partial charge is 0.197 e. The molecule has 4 nitrogen and oxygen atoms in total. The zero-order valence-corrected chi connectivity index (χ0v) is 11.3. The maximum atomic E-state index is 5.85. The van der Waals surface area contributed by atoms with Crippen LogP contribution in [-0.2, 0) is 11.2 Å². The van der Waals surface area contributed by atoms with Crippen LogP contribution < -0.4 is 5.32 Å². The fourth-order valence-corrected chi connectivity index (χ4v) is 2.70. The van der Waals surface area contributed by atoms with Gasteiger partial charge >= 0.3 is 0 Å². The van der Waals surface area contributed by atoms with E-state index in [-0.39, 0.29) is 12.1 Å². The van der Waals surface area contributed by atoms with Crippen LogP contribution in [0, 0.1) is 0 Å². The third kappa shape index (κ3) is 2.80. The molecule has 4 heteroatoms. The van der Waals surface area contributed by atoms with E-state index in [4.69, 9.17) is 9.15 Å². The van der Waals surface area contributed by atoms with Crippen molar-refractivity contribution in [2.24, 2.45) is 0 Å². The van der Waals surface area contributed by atoms with Gasteiger partial charge in [0, 0.05) is 19.1 Å². The van der Waals surface area contributed by atoms with Crippen molar-refractivity contribution in [1.29, 1.82) is 0 Å². The number of aromatic nitrogens is 1. The third-order valence-corrected chi connectivity index (χ3v) is 3.77. The van der Waals surface area contributed by atoms with Gasteiger partial charge in [-0.1, -0.05) is 12.1 Å². The molecular weight excluding hydrogens is 240 g/mol. The predicted octanol–water partition coefficient (Wildman–Crippen LogP) is 2.53. The lowest BCUT2D eigenvalue weighted by atomic mass is 10.00. The normalized spacial score (nSPS) is 21.6. The molecule has 1 fully saturated rings. The van der Waals surface area contributed by atoms with Crippen LogP contribution >= 0.6 is 0 Å². The van der Waals surface area contributed by atoms with Gasteiger partial charge in [0.25, 0.3) is 0 Å². The first kappa shape index (κ1) is 12.6. The summed E-state index contributed by atoms with van der Waals surface area (Å²) in [5, 5.41) is 3.34. The molecule has 1 aliphatic heterocycles. The predicted molar refractivity (Wildman–Crippen MR) is 74.2 cm³/mol. The van der Waals surface area contributed by atoms with Crippen LogP contribution in [0.4, 0.5) is 0 Å². The fraction of sp³-hybridized carbons (Fsp3) is 0.533. The van der Waals surface area contributed by atoms with E-state index in [1.807, 2.05) is 31.3 Å². The van der Waals surface area contributed by atoms with Gasteiger partial charge in [0.05, 0.1) is 6.10 Å². The second-order valence-corrected chi connectivity index (χ2v) is 5.08. The largest absolute Gasteiger partial charge is 0.441 e. The van der Waals surface area contributed by atoms with Gasteiger partial charge in [0.1, 0.15) is 5.52 Å². The van der Waals surface area contributed by atoms with Crippen molar-refractivity contribution < 1.29 is 9.15 Å². The van der Waals surface area contributed by atoms with Gasteiger partial charge < -0.3 is 14.5 Å². The highest BCUT2D eigenvalue weighted by Gasteiger charge is 2.25. The monoisotopic (exact) mass is 260 g/mol. The number of rotatable bonds is 4. The molecule has 2 aromatic rings. The summed E-state index contributed by atoms with van der Waals surface area (Å²) in [5.74, 6) is 0.787. The molecule has 102 valence electrons. The number of ether oxygens (including phenoxy) is 1. The Labute approximate surface area is 113 Å². The Morgan fingerprint density at radius 3 is 3.00 bits per heavy atom. The summed E-state index contributed by atoms with van der Waals surface area (Å²) in [7, 11) is 1.98. The van der Waals surface area contributed by atoms with Gasteiger partial charge in [0.15, 0.2) is 11.5 Å². The molecule has 1 N–H and O–H groups in total. The molecule has 0 radical (unpaired) electrons. The standard InChI is InChI=1S/C15H20N2O2/c1-16-12(13-7-4-5-9-18-13)10-15-17-11-6-2-3-8-14(11)19-15/h2-3,6,8,12-13,16H,4-5,7,9-10H2,1H3. The highest BCUT2D eigenvalue weighted by atomic mass is 16.5. The molecule has 0 aliphatic carbocycles. The van der Waals surface area contributed by atoms with E-state index >= 15 is 0 Å². The van der Waals surface area contributed by atoms with Gasteiger partial charge in [-0.2, -0.15) is 0 Å². The van der Waals surface area contributed by atoms with E-state index in [2.05, 4.69) is 10.3 Å². The molecule has 1 aromatic heterocycles. The second-order valence-electron chi connectivity index (χ2n) is 5.08. The molecule has 1 aromatic carbocycles. The molecule has 0 spiro atoms. The molecule has 1 saturated heterocycles. The molecule has 19 heavy (non-hydrogen) atoms. The van der Waals surface area contributed by atoms with Gasteiger partial charge in [-0.25, -0.2) is 4.98 Å². The molecule has 0 bridgehead atoms. The number of para-hydroxylation sites is 2. The number of likely N-dealkylation sites (N-methyl/N-ethyl adjacent to an activating group) is 1. The Hall–Kier alpha value is -1.39. The summed E-state index contributed by atoms with van der Waals surface area (Å²) < 4.78 is 11.6. The van der Waals surface area contributed by atoms with Gasteiger partial charge in [-0.15, -0.1) is 0 Å². The molecule has 0 amide bonds. The maximum absolute atomic E-state index is 5.85. The van der Waals surface area contributed by atoms with Gasteiger partial charge in [-0.05, 0) is 38.4 Å². The Balaban J connectivity index is 1.74. The van der Waals surface area contributed by atoms with Crippen LogP contribution in [0.25, 0.3) is 11.1 Å². The molecule has 1 aliphatic rings. The minimum absolute atomic E-state index is 0.272. The quantitative estimate of drug-likeness (QED) is 0.917. The molecule has 2 heterocycles. The average Bonchev–Trinajstić information content (AvgIpc) is 2.88. The summed E-state index contributed by atoms with van der Waals surface area (Å²) in [5.41, 5.74) is 1.79. The highest BCUT2D eigenvalue weighted by Crippen LogP contribution is 2.20. The van der Waals surface area contributed by atoms with Crippen molar-refractivity contribution in [3.63, 3.8) is 0 Å². The molecular formula is C15H20N2O2. The number of hydrogen-bond donors (Lipinski definition) is 1. The lowest BCUT2D eigenvalue weighted by Crippen LogP contribution is -2.42. The highest BCUT2D eigenvalue weighted by molar-refractivity contribution is 5.72. The summed E-state index contributed by atoms with van der Waals surface area (Å²) >= 11 is 0. The number of hydrogen-bond acceptors (Lipinski definition) is 4. The van der Waals surface area contributed by atoms with Crippen molar-refractivity contribution in [3.05, 3.63) is 30.2 Å². The first-order chi connectivity index (χ1) is 9.36. The summed E-state index contributed by atoms with van der Waals surface area (Å²) in [6.07, 6.45) is 4.59. The van der Waals surface area contributed by atoms with Crippen LogP contribution in [0.1, 0.15) is 25.2 Å². The fourth-order valence-electron chi connectivity index (χ4n) is 2.70. The Morgan fingerprint density at radius 2 is 2.26 bits per heavy atom. The van der Waals surface area contributed by atoms with Crippen molar-refractivity contribution in [2.75, 3.05) is 13.7 Å². The zero-order valence-electron chi connectivity index (χ0n) is 11.3. The lowest BCUT2D eigenvalue weighted by molar-refractivity contribution is -0.00697. The number of benzene rings is 1. The van der Waals surface area contributed by atoms with Crippen molar-refractivity contribution in [2.45, 2.75) is 37.8 Å². The average molecular weight is 260 g/mol. The van der Waals surface area contributed by atoms with E-state index in [1.54, 1.807) is 0 Å². The second kappa shape index (κ2) is 5.72. The lowest BCUT2D eigenvalue weighted by Gasteiger charge is -2.29. The van der Waals surface area contributed by atoms with Gasteiger partial charge in [0.2, 0.25) is 0 Å². The van der Waals surface area contributed by atoms with Crippen LogP contribution in [0.3, 0.4) is 0 Å². The first-order valence-corrected chi connectivity index (χ1v) is 7.00. The van der Waals surface area contributed by atoms with E-state index in [0.29, 0.717) is 0 Å². The SMILES string of the molecule is CNC(Cc1nc2ccccc2o1)C1CCCCO1. The van der Waals surface area contributed by atoms with Crippen molar-refractivity contribution in [1.82, 2.24) is 10.3 Å².